The number of benzene rings is 1. The molecule has 4 rings (SSSR count). The standard InChI is InChI=1S/C22H26N4O3/c1-28-18-9-7-17(8-10-18)26-20(16-19(24-26)21-6-5-15-29-21)22(27)23-11-14-25-12-3-2-4-13-25/h5-10,15-16H,2-4,11-14H2,1H3,(H,23,27). The van der Waals surface area contributed by atoms with E-state index in [-0.39, 0.29) is 5.91 Å². The SMILES string of the molecule is COc1ccc(-n2nc(-c3ccco3)cc2C(=O)NCCN2CCCCC2)cc1. The Morgan fingerprint density at radius 3 is 2.66 bits per heavy atom. The number of piperidine rings is 1. The van der Waals surface area contributed by atoms with Gasteiger partial charge in [-0.2, -0.15) is 5.10 Å². The Labute approximate surface area is 170 Å². The number of hydrogen-bond donors (Lipinski definition) is 1. The van der Waals surface area contributed by atoms with Crippen molar-refractivity contribution in [3.8, 4) is 22.9 Å². The molecular formula is C22H26N4O3. The Hall–Kier alpha value is -3.06. The summed E-state index contributed by atoms with van der Waals surface area (Å²) >= 11 is 0. The smallest absolute Gasteiger partial charge is 0.270 e. The van der Waals surface area contributed by atoms with Crippen molar-refractivity contribution in [1.29, 1.82) is 0 Å². The molecule has 1 N–H and O–H groups in total. The van der Waals surface area contributed by atoms with Crippen LogP contribution in [0.3, 0.4) is 0 Å². The summed E-state index contributed by atoms with van der Waals surface area (Å²) in [5, 5.41) is 7.65. The van der Waals surface area contributed by atoms with Crippen LogP contribution in [0, 0.1) is 0 Å². The molecule has 152 valence electrons. The average Bonchev–Trinajstić information content (AvgIpc) is 3.44. The first-order valence-electron chi connectivity index (χ1n) is 10.0. The molecule has 0 unspecified atom stereocenters. The molecule has 0 bridgehead atoms. The summed E-state index contributed by atoms with van der Waals surface area (Å²) < 4.78 is 12.3. The summed E-state index contributed by atoms with van der Waals surface area (Å²) in [4.78, 5) is 15.3. The third-order valence-corrected chi connectivity index (χ3v) is 5.19. The molecule has 0 radical (unpaired) electrons. The second-order valence-electron chi connectivity index (χ2n) is 7.16. The normalized spacial score (nSPS) is 14.7. The van der Waals surface area contributed by atoms with Crippen LogP contribution < -0.4 is 10.1 Å². The van der Waals surface area contributed by atoms with Gasteiger partial charge in [-0.05, 0) is 62.3 Å². The fourth-order valence-electron chi connectivity index (χ4n) is 3.61. The minimum absolute atomic E-state index is 0.150. The van der Waals surface area contributed by atoms with Crippen molar-refractivity contribution in [1.82, 2.24) is 20.0 Å². The van der Waals surface area contributed by atoms with E-state index < -0.39 is 0 Å². The van der Waals surface area contributed by atoms with Gasteiger partial charge in [0.15, 0.2) is 5.76 Å². The first kappa shape index (κ1) is 19.3. The minimum atomic E-state index is -0.150. The van der Waals surface area contributed by atoms with E-state index in [0.29, 0.717) is 23.7 Å². The predicted octanol–water partition coefficient (Wildman–Crippen LogP) is 3.36. The molecule has 0 atom stereocenters. The van der Waals surface area contributed by atoms with E-state index in [1.807, 2.05) is 30.3 Å². The summed E-state index contributed by atoms with van der Waals surface area (Å²) in [7, 11) is 1.62. The lowest BCUT2D eigenvalue weighted by atomic mass is 10.1. The van der Waals surface area contributed by atoms with Gasteiger partial charge in [0, 0.05) is 19.2 Å². The molecule has 1 aliphatic heterocycles. The maximum absolute atomic E-state index is 12.9. The van der Waals surface area contributed by atoms with Crippen molar-refractivity contribution in [2.24, 2.45) is 0 Å². The van der Waals surface area contributed by atoms with Crippen LogP contribution in [-0.4, -0.2) is 53.9 Å². The van der Waals surface area contributed by atoms with Crippen LogP contribution >= 0.6 is 0 Å². The fraction of sp³-hybridized carbons (Fsp3) is 0.364. The van der Waals surface area contributed by atoms with Gasteiger partial charge in [0.25, 0.3) is 5.91 Å². The maximum atomic E-state index is 12.9. The summed E-state index contributed by atoms with van der Waals surface area (Å²) in [6.45, 7) is 3.71. The van der Waals surface area contributed by atoms with Gasteiger partial charge in [-0.25, -0.2) is 4.68 Å². The number of ether oxygens (including phenoxy) is 1. The van der Waals surface area contributed by atoms with E-state index >= 15 is 0 Å². The maximum Gasteiger partial charge on any atom is 0.270 e. The number of rotatable bonds is 7. The number of carbonyl (C=O) groups excluding carboxylic acids is 1. The number of furan rings is 1. The van der Waals surface area contributed by atoms with Crippen molar-refractivity contribution >= 4 is 5.91 Å². The largest absolute Gasteiger partial charge is 0.497 e. The zero-order valence-corrected chi connectivity index (χ0v) is 16.6. The van der Waals surface area contributed by atoms with Gasteiger partial charge in [0.05, 0.1) is 19.1 Å². The highest BCUT2D eigenvalue weighted by Gasteiger charge is 2.19. The van der Waals surface area contributed by atoms with Crippen molar-refractivity contribution in [2.75, 3.05) is 33.3 Å². The zero-order valence-electron chi connectivity index (χ0n) is 16.6. The molecule has 7 nitrogen and oxygen atoms in total. The molecule has 0 aliphatic carbocycles. The van der Waals surface area contributed by atoms with Gasteiger partial charge in [0.2, 0.25) is 0 Å². The predicted molar refractivity (Wildman–Crippen MR) is 110 cm³/mol. The van der Waals surface area contributed by atoms with E-state index in [4.69, 9.17) is 9.15 Å². The van der Waals surface area contributed by atoms with E-state index in [1.165, 1.54) is 19.3 Å². The third kappa shape index (κ3) is 4.51. The van der Waals surface area contributed by atoms with Gasteiger partial charge in [-0.3, -0.25) is 4.79 Å². The molecule has 7 heteroatoms. The van der Waals surface area contributed by atoms with Crippen molar-refractivity contribution in [2.45, 2.75) is 19.3 Å². The van der Waals surface area contributed by atoms with Crippen molar-refractivity contribution in [3.63, 3.8) is 0 Å². The first-order valence-corrected chi connectivity index (χ1v) is 10.0. The summed E-state index contributed by atoms with van der Waals surface area (Å²) in [5.74, 6) is 1.22. The molecule has 3 heterocycles. The monoisotopic (exact) mass is 394 g/mol. The van der Waals surface area contributed by atoms with Crippen molar-refractivity contribution in [3.05, 3.63) is 54.4 Å². The van der Waals surface area contributed by atoms with Crippen LogP contribution in [0.25, 0.3) is 17.1 Å². The highest BCUT2D eigenvalue weighted by molar-refractivity contribution is 5.94. The summed E-state index contributed by atoms with van der Waals surface area (Å²) in [5.41, 5.74) is 1.87. The average molecular weight is 394 g/mol. The van der Waals surface area contributed by atoms with E-state index in [9.17, 15) is 4.79 Å². The lowest BCUT2D eigenvalue weighted by Gasteiger charge is -2.26. The molecule has 1 amide bonds. The van der Waals surface area contributed by atoms with Crippen LogP contribution in [0.15, 0.2) is 53.1 Å². The number of nitrogens with one attached hydrogen (secondary N) is 1. The Balaban J connectivity index is 1.54. The van der Waals surface area contributed by atoms with Crippen LogP contribution in [0.1, 0.15) is 29.8 Å². The van der Waals surface area contributed by atoms with Gasteiger partial charge in [-0.15, -0.1) is 0 Å². The van der Waals surface area contributed by atoms with Gasteiger partial charge >= 0.3 is 0 Å². The summed E-state index contributed by atoms with van der Waals surface area (Å²) in [6.07, 6.45) is 5.38. The van der Waals surface area contributed by atoms with E-state index in [1.54, 1.807) is 30.2 Å². The molecule has 3 aromatic rings. The molecular weight excluding hydrogens is 368 g/mol. The molecule has 2 aromatic heterocycles. The second-order valence-corrected chi connectivity index (χ2v) is 7.16. The Morgan fingerprint density at radius 2 is 1.97 bits per heavy atom. The molecule has 1 fully saturated rings. The van der Waals surface area contributed by atoms with Gasteiger partial charge in [-0.1, -0.05) is 6.42 Å². The van der Waals surface area contributed by atoms with Crippen LogP contribution in [0.2, 0.25) is 0 Å². The number of carbonyl (C=O) groups is 1. The number of likely N-dealkylation sites (tertiary alicyclic amines) is 1. The number of hydrogen-bond acceptors (Lipinski definition) is 5. The second kappa shape index (κ2) is 8.96. The van der Waals surface area contributed by atoms with Gasteiger partial charge in [0.1, 0.15) is 17.1 Å². The van der Waals surface area contributed by atoms with Crippen LogP contribution in [-0.2, 0) is 0 Å². The Bertz CT molecular complexity index is 926. The topological polar surface area (TPSA) is 72.5 Å². The van der Waals surface area contributed by atoms with Gasteiger partial charge < -0.3 is 19.4 Å². The molecule has 29 heavy (non-hydrogen) atoms. The number of aromatic nitrogens is 2. The number of methoxy groups -OCH3 is 1. The Kier molecular flexibility index (Phi) is 5.95. The summed E-state index contributed by atoms with van der Waals surface area (Å²) in [6, 6.07) is 12.9. The lowest BCUT2D eigenvalue weighted by Crippen LogP contribution is -2.38. The highest BCUT2D eigenvalue weighted by atomic mass is 16.5. The third-order valence-electron chi connectivity index (χ3n) is 5.19. The Morgan fingerprint density at radius 1 is 1.17 bits per heavy atom. The first-order chi connectivity index (χ1) is 14.2. The molecule has 1 aromatic carbocycles. The number of amides is 1. The fourth-order valence-corrected chi connectivity index (χ4v) is 3.61. The highest BCUT2D eigenvalue weighted by Crippen LogP contribution is 2.23. The molecule has 1 aliphatic rings. The van der Waals surface area contributed by atoms with E-state index in [0.717, 1.165) is 31.1 Å². The van der Waals surface area contributed by atoms with Crippen molar-refractivity contribution < 1.29 is 13.9 Å². The minimum Gasteiger partial charge on any atom is -0.497 e. The zero-order chi connectivity index (χ0) is 20.1. The number of nitrogens with zero attached hydrogens (tertiary/aromatic N) is 3. The van der Waals surface area contributed by atoms with Crippen LogP contribution in [0.4, 0.5) is 0 Å². The lowest BCUT2D eigenvalue weighted by molar-refractivity contribution is 0.0939. The van der Waals surface area contributed by atoms with Crippen LogP contribution in [0.5, 0.6) is 5.75 Å². The quantitative estimate of drug-likeness (QED) is 0.665. The molecule has 0 spiro atoms. The molecule has 0 saturated carbocycles. The van der Waals surface area contributed by atoms with E-state index in [2.05, 4.69) is 15.3 Å². The molecule has 1 saturated heterocycles.